The van der Waals surface area contributed by atoms with E-state index in [1.807, 2.05) is 0 Å². The number of anilines is 1. The van der Waals surface area contributed by atoms with Gasteiger partial charge in [-0.15, -0.1) is 5.10 Å². The number of hydrogen-bond acceptors (Lipinski definition) is 7. The molecule has 0 saturated carbocycles. The van der Waals surface area contributed by atoms with E-state index in [0.717, 1.165) is 26.2 Å². The lowest BCUT2D eigenvalue weighted by atomic mass is 10.0. The van der Waals surface area contributed by atoms with Gasteiger partial charge in [0.15, 0.2) is 0 Å². The lowest BCUT2D eigenvalue weighted by Gasteiger charge is -2.17. The summed E-state index contributed by atoms with van der Waals surface area (Å²) >= 11 is 0. The van der Waals surface area contributed by atoms with Gasteiger partial charge in [-0.25, -0.2) is 0 Å². The normalized spacial score (nSPS) is 20.6. The third-order valence-electron chi connectivity index (χ3n) is 3.25. The minimum Gasteiger partial charge on any atom is -0.407 e. The number of nitrogens with zero attached hydrogens (tertiary/aromatic N) is 2. The maximum Gasteiger partial charge on any atom is 0.315 e. The molecule has 2 rings (SSSR count). The number of nitrogens with one attached hydrogen (secondary N) is 2. The number of hydrogen-bond donors (Lipinski definition) is 2. The SMILES string of the molecule is COCCNCc1nnc(NC(C)C2CCOC2)o1. The van der Waals surface area contributed by atoms with E-state index in [4.69, 9.17) is 13.9 Å². The van der Waals surface area contributed by atoms with E-state index >= 15 is 0 Å². The Labute approximate surface area is 113 Å². The molecule has 0 bridgehead atoms. The fourth-order valence-corrected chi connectivity index (χ4v) is 2.01. The molecule has 0 aromatic carbocycles. The van der Waals surface area contributed by atoms with Crippen molar-refractivity contribution in [3.63, 3.8) is 0 Å². The molecule has 2 heterocycles. The van der Waals surface area contributed by atoms with Crippen LogP contribution in [0.4, 0.5) is 6.01 Å². The highest BCUT2D eigenvalue weighted by Crippen LogP contribution is 2.19. The summed E-state index contributed by atoms with van der Waals surface area (Å²) in [6.45, 7) is 5.73. The van der Waals surface area contributed by atoms with Crippen molar-refractivity contribution in [1.29, 1.82) is 0 Å². The summed E-state index contributed by atoms with van der Waals surface area (Å²) in [6, 6.07) is 0.750. The molecular weight excluding hydrogens is 248 g/mol. The van der Waals surface area contributed by atoms with Crippen LogP contribution in [0.25, 0.3) is 0 Å². The van der Waals surface area contributed by atoms with E-state index in [0.29, 0.717) is 31.0 Å². The van der Waals surface area contributed by atoms with Crippen LogP contribution in [0.15, 0.2) is 4.42 Å². The van der Waals surface area contributed by atoms with Crippen LogP contribution in [0, 0.1) is 5.92 Å². The molecule has 1 saturated heterocycles. The Morgan fingerprint density at radius 1 is 1.47 bits per heavy atom. The Balaban J connectivity index is 1.73. The molecule has 0 amide bonds. The molecule has 1 aliphatic rings. The Hall–Kier alpha value is -1.18. The minimum absolute atomic E-state index is 0.275. The van der Waals surface area contributed by atoms with Gasteiger partial charge in [-0.05, 0) is 13.3 Å². The summed E-state index contributed by atoms with van der Waals surface area (Å²) in [6.07, 6.45) is 1.08. The van der Waals surface area contributed by atoms with Gasteiger partial charge < -0.3 is 24.5 Å². The first-order chi connectivity index (χ1) is 9.29. The molecule has 19 heavy (non-hydrogen) atoms. The largest absolute Gasteiger partial charge is 0.407 e. The predicted molar refractivity (Wildman–Crippen MR) is 69.9 cm³/mol. The molecule has 1 aromatic heterocycles. The van der Waals surface area contributed by atoms with Gasteiger partial charge in [0, 0.05) is 32.2 Å². The van der Waals surface area contributed by atoms with Gasteiger partial charge in [0.05, 0.1) is 19.8 Å². The van der Waals surface area contributed by atoms with Crippen molar-refractivity contribution in [2.45, 2.75) is 25.9 Å². The van der Waals surface area contributed by atoms with E-state index in [2.05, 4.69) is 27.8 Å². The highest BCUT2D eigenvalue weighted by molar-refractivity contribution is 5.19. The third-order valence-corrected chi connectivity index (χ3v) is 3.25. The van der Waals surface area contributed by atoms with Crippen molar-refractivity contribution < 1.29 is 13.9 Å². The van der Waals surface area contributed by atoms with Crippen LogP contribution < -0.4 is 10.6 Å². The summed E-state index contributed by atoms with van der Waals surface area (Å²) < 4.78 is 15.8. The van der Waals surface area contributed by atoms with Gasteiger partial charge in [0.2, 0.25) is 5.89 Å². The monoisotopic (exact) mass is 270 g/mol. The lowest BCUT2D eigenvalue weighted by molar-refractivity contribution is 0.183. The maximum absolute atomic E-state index is 5.52. The van der Waals surface area contributed by atoms with Gasteiger partial charge in [-0.2, -0.15) is 0 Å². The molecule has 108 valence electrons. The summed E-state index contributed by atoms with van der Waals surface area (Å²) in [7, 11) is 1.67. The molecule has 2 N–H and O–H groups in total. The molecule has 0 spiro atoms. The van der Waals surface area contributed by atoms with Crippen LogP contribution in [0.5, 0.6) is 0 Å². The second-order valence-electron chi connectivity index (χ2n) is 4.73. The molecule has 0 aliphatic carbocycles. The first kappa shape index (κ1) is 14.2. The van der Waals surface area contributed by atoms with E-state index in [1.54, 1.807) is 7.11 Å². The standard InChI is InChI=1S/C12H22N4O3/c1-9(10-3-5-18-8-10)14-12-16-15-11(19-12)7-13-4-6-17-2/h9-10,13H,3-8H2,1-2H3,(H,14,16). The van der Waals surface area contributed by atoms with E-state index in [1.165, 1.54) is 0 Å². The van der Waals surface area contributed by atoms with Crippen LogP contribution in [0.1, 0.15) is 19.2 Å². The van der Waals surface area contributed by atoms with Gasteiger partial charge in [0.1, 0.15) is 0 Å². The zero-order valence-corrected chi connectivity index (χ0v) is 11.5. The quantitative estimate of drug-likeness (QED) is 0.671. The average molecular weight is 270 g/mol. The summed E-state index contributed by atoms with van der Waals surface area (Å²) in [4.78, 5) is 0. The van der Waals surface area contributed by atoms with E-state index < -0.39 is 0 Å². The second-order valence-corrected chi connectivity index (χ2v) is 4.73. The molecule has 2 atom stereocenters. The van der Waals surface area contributed by atoms with Gasteiger partial charge in [-0.1, -0.05) is 5.10 Å². The van der Waals surface area contributed by atoms with Crippen molar-refractivity contribution in [3.05, 3.63) is 5.89 Å². The predicted octanol–water partition coefficient (Wildman–Crippen LogP) is 0.642. The molecule has 0 radical (unpaired) electrons. The second kappa shape index (κ2) is 7.42. The van der Waals surface area contributed by atoms with Crippen LogP contribution in [0.2, 0.25) is 0 Å². The average Bonchev–Trinajstić information content (AvgIpc) is 3.06. The number of ether oxygens (including phenoxy) is 2. The van der Waals surface area contributed by atoms with Crippen molar-refractivity contribution >= 4 is 6.01 Å². The van der Waals surface area contributed by atoms with Crippen LogP contribution in [-0.4, -0.2) is 49.7 Å². The van der Waals surface area contributed by atoms with Crippen molar-refractivity contribution in [1.82, 2.24) is 15.5 Å². The topological polar surface area (TPSA) is 81.4 Å². The number of aromatic nitrogens is 2. The van der Waals surface area contributed by atoms with E-state index in [9.17, 15) is 0 Å². The molecular formula is C12H22N4O3. The van der Waals surface area contributed by atoms with Crippen molar-refractivity contribution in [3.8, 4) is 0 Å². The van der Waals surface area contributed by atoms with E-state index in [-0.39, 0.29) is 6.04 Å². The fourth-order valence-electron chi connectivity index (χ4n) is 2.01. The Morgan fingerprint density at radius 3 is 3.11 bits per heavy atom. The zero-order chi connectivity index (χ0) is 13.5. The minimum atomic E-state index is 0.275. The highest BCUT2D eigenvalue weighted by atomic mass is 16.5. The number of methoxy groups -OCH3 is 1. The van der Waals surface area contributed by atoms with Crippen LogP contribution in [0.3, 0.4) is 0 Å². The first-order valence-corrected chi connectivity index (χ1v) is 6.66. The Kier molecular flexibility index (Phi) is 5.56. The van der Waals surface area contributed by atoms with Gasteiger partial charge in [0.25, 0.3) is 0 Å². The molecule has 1 aliphatic heterocycles. The smallest absolute Gasteiger partial charge is 0.315 e. The van der Waals surface area contributed by atoms with Crippen molar-refractivity contribution in [2.24, 2.45) is 5.92 Å². The molecule has 7 heteroatoms. The third kappa shape index (κ3) is 4.45. The molecule has 7 nitrogen and oxygen atoms in total. The Bertz CT molecular complexity index is 366. The van der Waals surface area contributed by atoms with Gasteiger partial charge in [-0.3, -0.25) is 0 Å². The summed E-state index contributed by atoms with van der Waals surface area (Å²) in [5.41, 5.74) is 0. The van der Waals surface area contributed by atoms with Gasteiger partial charge >= 0.3 is 6.01 Å². The molecule has 1 aromatic rings. The first-order valence-electron chi connectivity index (χ1n) is 6.66. The summed E-state index contributed by atoms with van der Waals surface area (Å²) in [5.74, 6) is 1.09. The Morgan fingerprint density at radius 2 is 2.37 bits per heavy atom. The molecule has 1 fully saturated rings. The van der Waals surface area contributed by atoms with Crippen LogP contribution in [-0.2, 0) is 16.0 Å². The van der Waals surface area contributed by atoms with Crippen molar-refractivity contribution in [2.75, 3.05) is 38.8 Å². The fraction of sp³-hybridized carbons (Fsp3) is 0.833. The summed E-state index contributed by atoms with van der Waals surface area (Å²) in [5, 5.41) is 14.4. The lowest BCUT2D eigenvalue weighted by Crippen LogP contribution is -2.26. The number of rotatable bonds is 8. The zero-order valence-electron chi connectivity index (χ0n) is 11.5. The van der Waals surface area contributed by atoms with Crippen LogP contribution >= 0.6 is 0 Å². The molecule has 2 unspecified atom stereocenters. The highest BCUT2D eigenvalue weighted by Gasteiger charge is 2.23. The maximum atomic E-state index is 5.52.